The first-order valence-corrected chi connectivity index (χ1v) is 8.16. The van der Waals surface area contributed by atoms with Crippen molar-refractivity contribution in [2.45, 2.75) is 6.04 Å². The first kappa shape index (κ1) is 18.5. The molecule has 11 heteroatoms. The van der Waals surface area contributed by atoms with Crippen molar-refractivity contribution in [3.63, 3.8) is 0 Å². The van der Waals surface area contributed by atoms with Crippen molar-refractivity contribution in [3.8, 4) is 0 Å². The van der Waals surface area contributed by atoms with Gasteiger partial charge in [-0.3, -0.25) is 10.4 Å². The molecule has 2 aromatic heterocycles. The molecule has 2 aromatic rings. The van der Waals surface area contributed by atoms with Gasteiger partial charge in [-0.15, -0.1) is 0 Å². The Balaban J connectivity index is 1.96. The van der Waals surface area contributed by atoms with Crippen LogP contribution in [0.15, 0.2) is 40.2 Å². The van der Waals surface area contributed by atoms with Crippen LogP contribution < -0.4 is 16.0 Å². The lowest BCUT2D eigenvalue weighted by Crippen LogP contribution is -2.31. The SMILES string of the molecule is CN(C)c1ccnc2c(NC3=NC(=NC(CO)CO)C(N)=CC3=N)cnn12. The molecule has 6 N–H and O–H groups in total. The van der Waals surface area contributed by atoms with Crippen LogP contribution in [0.2, 0.25) is 0 Å². The van der Waals surface area contributed by atoms with Crippen LogP contribution in [0.25, 0.3) is 5.65 Å². The Kier molecular flexibility index (Phi) is 5.14. The Hall–Kier alpha value is -3.31. The number of nitrogens with one attached hydrogen (secondary N) is 2. The number of rotatable bonds is 5. The van der Waals surface area contributed by atoms with E-state index >= 15 is 0 Å². The number of aliphatic hydroxyl groups is 2. The van der Waals surface area contributed by atoms with E-state index in [1.54, 1.807) is 16.9 Å². The van der Waals surface area contributed by atoms with E-state index in [1.807, 2.05) is 25.1 Å². The molecule has 0 aromatic carbocycles. The van der Waals surface area contributed by atoms with Crippen LogP contribution in [0.3, 0.4) is 0 Å². The third-order valence-corrected chi connectivity index (χ3v) is 3.85. The summed E-state index contributed by atoms with van der Waals surface area (Å²) in [4.78, 5) is 14.6. The second-order valence-electron chi connectivity index (χ2n) is 6.06. The lowest BCUT2D eigenvalue weighted by atomic mass is 10.2. The van der Waals surface area contributed by atoms with Crippen molar-refractivity contribution in [3.05, 3.63) is 30.2 Å². The van der Waals surface area contributed by atoms with Crippen LogP contribution in [-0.2, 0) is 0 Å². The van der Waals surface area contributed by atoms with Crippen LogP contribution >= 0.6 is 0 Å². The van der Waals surface area contributed by atoms with E-state index < -0.39 is 6.04 Å². The number of nitrogens with zero attached hydrogens (tertiary/aromatic N) is 6. The molecular weight excluding hydrogens is 350 g/mol. The van der Waals surface area contributed by atoms with Gasteiger partial charge in [-0.2, -0.15) is 9.61 Å². The van der Waals surface area contributed by atoms with Gasteiger partial charge in [-0.1, -0.05) is 0 Å². The lowest BCUT2D eigenvalue weighted by molar-refractivity contribution is 0.195. The molecule has 0 fully saturated rings. The number of nitrogens with two attached hydrogens (primary N) is 1. The van der Waals surface area contributed by atoms with Gasteiger partial charge >= 0.3 is 0 Å². The minimum Gasteiger partial charge on any atom is -0.396 e. The van der Waals surface area contributed by atoms with Crippen molar-refractivity contribution in [2.24, 2.45) is 15.7 Å². The minimum absolute atomic E-state index is 0.0686. The predicted octanol–water partition coefficient (Wildman–Crippen LogP) is -0.767. The summed E-state index contributed by atoms with van der Waals surface area (Å²) >= 11 is 0. The average Bonchev–Trinajstić information content (AvgIpc) is 3.05. The molecule has 3 rings (SSSR count). The highest BCUT2D eigenvalue weighted by molar-refractivity contribution is 6.52. The number of aromatic nitrogens is 3. The van der Waals surface area contributed by atoms with Gasteiger partial charge in [0, 0.05) is 20.3 Å². The molecule has 142 valence electrons. The van der Waals surface area contributed by atoms with Crippen molar-refractivity contribution in [2.75, 3.05) is 37.5 Å². The summed E-state index contributed by atoms with van der Waals surface area (Å²) < 4.78 is 1.67. The average molecular weight is 371 g/mol. The molecule has 0 amide bonds. The van der Waals surface area contributed by atoms with E-state index in [0.717, 1.165) is 5.82 Å². The Morgan fingerprint density at radius 3 is 2.78 bits per heavy atom. The highest BCUT2D eigenvalue weighted by Crippen LogP contribution is 2.20. The molecule has 3 heterocycles. The van der Waals surface area contributed by atoms with E-state index in [2.05, 4.69) is 25.4 Å². The van der Waals surface area contributed by atoms with Gasteiger partial charge in [0.1, 0.15) is 11.5 Å². The first-order chi connectivity index (χ1) is 12.9. The topological polar surface area (TPSA) is 161 Å². The third-order valence-electron chi connectivity index (χ3n) is 3.85. The van der Waals surface area contributed by atoms with E-state index in [9.17, 15) is 10.2 Å². The first-order valence-electron chi connectivity index (χ1n) is 8.16. The molecule has 1 aliphatic heterocycles. The van der Waals surface area contributed by atoms with Gasteiger partial charge in [0.2, 0.25) is 0 Å². The number of amidine groups is 2. The van der Waals surface area contributed by atoms with Gasteiger partial charge in [0.25, 0.3) is 0 Å². The summed E-state index contributed by atoms with van der Waals surface area (Å²) in [5.74, 6) is 1.19. The van der Waals surface area contributed by atoms with Gasteiger partial charge in [0.15, 0.2) is 17.3 Å². The van der Waals surface area contributed by atoms with Crippen LogP contribution in [0.4, 0.5) is 11.5 Å². The van der Waals surface area contributed by atoms with E-state index in [1.165, 1.54) is 6.08 Å². The van der Waals surface area contributed by atoms with Crippen LogP contribution in [0.5, 0.6) is 0 Å². The molecule has 0 bridgehead atoms. The normalized spacial score (nSPS) is 16.0. The molecule has 0 saturated heterocycles. The molecule has 0 spiro atoms. The fraction of sp³-hybridized carbons (Fsp3) is 0.312. The van der Waals surface area contributed by atoms with Crippen molar-refractivity contribution < 1.29 is 10.2 Å². The molecule has 0 aliphatic carbocycles. The van der Waals surface area contributed by atoms with E-state index in [0.29, 0.717) is 11.3 Å². The molecule has 0 saturated carbocycles. The highest BCUT2D eigenvalue weighted by atomic mass is 16.3. The zero-order chi connectivity index (χ0) is 19.6. The molecule has 11 nitrogen and oxygen atoms in total. The Labute approximate surface area is 155 Å². The van der Waals surface area contributed by atoms with Crippen LogP contribution in [0, 0.1) is 5.41 Å². The van der Waals surface area contributed by atoms with E-state index in [4.69, 9.17) is 11.1 Å². The largest absolute Gasteiger partial charge is 0.396 e. The second-order valence-corrected chi connectivity index (χ2v) is 6.06. The monoisotopic (exact) mass is 371 g/mol. The standard InChI is InChI=1S/C16H21N9O2/c1-24(2)13-3-4-19-16-12(6-20-25(13)16)22-15-11(18)5-10(17)14(23-15)21-9(7-26)8-27/h3-6,9,18,26-27H,7-8,17H2,1-2H3,(H,21,22,23). The summed E-state index contributed by atoms with van der Waals surface area (Å²) in [6.07, 6.45) is 4.67. The maximum absolute atomic E-state index is 9.20. The number of fused-ring (bicyclic) bond motifs is 1. The number of hydrogen-bond donors (Lipinski definition) is 5. The zero-order valence-electron chi connectivity index (χ0n) is 15.0. The number of hydrogen-bond acceptors (Lipinski definition) is 9. The molecule has 0 atom stereocenters. The van der Waals surface area contributed by atoms with Crippen LogP contribution in [0.1, 0.15) is 0 Å². The summed E-state index contributed by atoms with van der Waals surface area (Å²) in [6, 6.07) is 1.10. The highest BCUT2D eigenvalue weighted by Gasteiger charge is 2.20. The molecule has 0 radical (unpaired) electrons. The summed E-state index contributed by atoms with van der Waals surface area (Å²) in [7, 11) is 3.80. The number of aliphatic hydroxyl groups excluding tert-OH is 2. The summed E-state index contributed by atoms with van der Waals surface area (Å²) in [5.41, 5.74) is 7.25. The van der Waals surface area contributed by atoms with E-state index in [-0.39, 0.29) is 36.3 Å². The predicted molar refractivity (Wildman–Crippen MR) is 104 cm³/mol. The Morgan fingerprint density at radius 2 is 2.11 bits per heavy atom. The van der Waals surface area contributed by atoms with Crippen molar-refractivity contribution in [1.29, 1.82) is 5.41 Å². The second kappa shape index (κ2) is 7.51. The quantitative estimate of drug-likeness (QED) is 0.461. The minimum atomic E-state index is -0.731. The smallest absolute Gasteiger partial charge is 0.181 e. The van der Waals surface area contributed by atoms with Crippen LogP contribution in [-0.4, -0.2) is 75.5 Å². The van der Waals surface area contributed by atoms with Gasteiger partial charge < -0.3 is 26.2 Å². The number of aliphatic imine (C=N–C) groups is 2. The van der Waals surface area contributed by atoms with Gasteiger partial charge in [-0.25, -0.2) is 9.98 Å². The fourth-order valence-electron chi connectivity index (χ4n) is 2.46. The lowest BCUT2D eigenvalue weighted by Gasteiger charge is -2.16. The van der Waals surface area contributed by atoms with Crippen molar-refractivity contribution in [1.82, 2.24) is 14.6 Å². The van der Waals surface area contributed by atoms with Crippen molar-refractivity contribution >= 4 is 34.5 Å². The molecule has 1 aliphatic rings. The molecular formula is C16H21N9O2. The number of dihydropyridines is 1. The molecule has 27 heavy (non-hydrogen) atoms. The Bertz CT molecular complexity index is 954. The summed E-state index contributed by atoms with van der Waals surface area (Å²) in [5, 5.41) is 33.9. The third kappa shape index (κ3) is 3.64. The zero-order valence-corrected chi connectivity index (χ0v) is 15.0. The maximum atomic E-state index is 9.20. The maximum Gasteiger partial charge on any atom is 0.181 e. The summed E-state index contributed by atoms with van der Waals surface area (Å²) in [6.45, 7) is -0.678. The fourth-order valence-corrected chi connectivity index (χ4v) is 2.46. The van der Waals surface area contributed by atoms with Gasteiger partial charge in [0.05, 0.1) is 36.9 Å². The Morgan fingerprint density at radius 1 is 1.37 bits per heavy atom. The number of anilines is 2. The van der Waals surface area contributed by atoms with Gasteiger partial charge in [-0.05, 0) is 12.1 Å². The molecule has 0 unspecified atom stereocenters.